The first kappa shape index (κ1) is 14.0. The summed E-state index contributed by atoms with van der Waals surface area (Å²) in [5.74, 6) is 0. The topological polar surface area (TPSA) is 42.3 Å². The van der Waals surface area contributed by atoms with Gasteiger partial charge in [-0.15, -0.1) is 0 Å². The van der Waals surface area contributed by atoms with Crippen LogP contribution in [-0.2, 0) is 18.2 Å². The van der Waals surface area contributed by atoms with Gasteiger partial charge in [0, 0.05) is 37.6 Å². The molecule has 0 spiro atoms. The minimum absolute atomic E-state index is 0.322. The predicted octanol–water partition coefficient (Wildman–Crippen LogP) is 0.804. The lowest BCUT2D eigenvalue weighted by Crippen LogP contribution is -2.53. The molecular weight excluding hydrogens is 252 g/mol. The van der Waals surface area contributed by atoms with E-state index >= 15 is 0 Å². The van der Waals surface area contributed by atoms with Gasteiger partial charge in [0.1, 0.15) is 0 Å². The van der Waals surface area contributed by atoms with Crippen molar-refractivity contribution in [3.63, 3.8) is 0 Å². The Morgan fingerprint density at radius 2 is 2.45 bits per heavy atom. The molecular formula is C15H26N4O. The van der Waals surface area contributed by atoms with E-state index in [2.05, 4.69) is 21.4 Å². The molecule has 0 amide bonds. The quantitative estimate of drug-likeness (QED) is 0.865. The second kappa shape index (κ2) is 6.24. The van der Waals surface area contributed by atoms with Gasteiger partial charge in [-0.1, -0.05) is 0 Å². The van der Waals surface area contributed by atoms with Gasteiger partial charge in [0.05, 0.1) is 12.7 Å². The highest BCUT2D eigenvalue weighted by Gasteiger charge is 2.35. The molecule has 112 valence electrons. The maximum absolute atomic E-state index is 6.12. The molecule has 2 aliphatic heterocycles. The van der Waals surface area contributed by atoms with E-state index in [0.717, 1.165) is 26.0 Å². The van der Waals surface area contributed by atoms with E-state index in [1.807, 2.05) is 25.0 Å². The number of ether oxygens (including phenoxy) is 1. The Labute approximate surface area is 121 Å². The van der Waals surface area contributed by atoms with Gasteiger partial charge >= 0.3 is 0 Å². The van der Waals surface area contributed by atoms with E-state index in [1.54, 1.807) is 0 Å². The molecule has 2 saturated heterocycles. The lowest BCUT2D eigenvalue weighted by molar-refractivity contribution is -0.0645. The fourth-order valence-corrected chi connectivity index (χ4v) is 3.55. The lowest BCUT2D eigenvalue weighted by Gasteiger charge is -2.38. The molecule has 2 aliphatic rings. The maximum Gasteiger partial charge on any atom is 0.0855 e. The Balaban J connectivity index is 1.55. The second-order valence-corrected chi connectivity index (χ2v) is 6.04. The highest BCUT2D eigenvalue weighted by atomic mass is 16.5. The summed E-state index contributed by atoms with van der Waals surface area (Å²) < 4.78 is 8.08. The number of nitrogens with zero attached hydrogens (tertiary/aromatic N) is 3. The Bertz CT molecular complexity index is 433. The normalized spacial score (nSPS) is 28.5. The Kier molecular flexibility index (Phi) is 4.38. The Hall–Kier alpha value is -0.910. The molecule has 2 fully saturated rings. The van der Waals surface area contributed by atoms with Gasteiger partial charge in [-0.3, -0.25) is 9.58 Å². The smallest absolute Gasteiger partial charge is 0.0855 e. The first-order valence-electron chi connectivity index (χ1n) is 7.77. The zero-order valence-corrected chi connectivity index (χ0v) is 12.6. The van der Waals surface area contributed by atoms with Crippen LogP contribution in [0.25, 0.3) is 0 Å². The summed E-state index contributed by atoms with van der Waals surface area (Å²) in [5.41, 5.74) is 1.29. The summed E-state index contributed by atoms with van der Waals surface area (Å²) in [6.07, 6.45) is 6.98. The van der Waals surface area contributed by atoms with E-state index in [1.165, 1.54) is 25.1 Å². The molecule has 1 aromatic rings. The molecule has 1 N–H and O–H groups in total. The molecule has 1 aromatic heterocycles. The van der Waals surface area contributed by atoms with Crippen LogP contribution in [-0.4, -0.2) is 59.6 Å². The average molecular weight is 278 g/mol. The molecule has 5 nitrogen and oxygen atoms in total. The van der Waals surface area contributed by atoms with E-state index in [-0.39, 0.29) is 0 Å². The highest BCUT2D eigenvalue weighted by Crippen LogP contribution is 2.24. The third kappa shape index (κ3) is 2.90. The molecule has 5 heteroatoms. The van der Waals surface area contributed by atoms with E-state index in [4.69, 9.17) is 4.74 Å². The highest BCUT2D eigenvalue weighted by molar-refractivity contribution is 5.01. The maximum atomic E-state index is 6.12. The predicted molar refractivity (Wildman–Crippen MR) is 78.7 cm³/mol. The lowest BCUT2D eigenvalue weighted by atomic mass is 10.0. The van der Waals surface area contributed by atoms with Gasteiger partial charge in [-0.25, -0.2) is 0 Å². The van der Waals surface area contributed by atoms with E-state index < -0.39 is 0 Å². The van der Waals surface area contributed by atoms with Gasteiger partial charge in [-0.2, -0.15) is 5.10 Å². The fourth-order valence-electron chi connectivity index (χ4n) is 3.55. The largest absolute Gasteiger partial charge is 0.374 e. The average Bonchev–Trinajstić information content (AvgIpc) is 3.08. The molecule has 0 bridgehead atoms. The summed E-state index contributed by atoms with van der Waals surface area (Å²) in [7, 11) is 4.06. The molecule has 0 radical (unpaired) electrons. The minimum atomic E-state index is 0.322. The van der Waals surface area contributed by atoms with Crippen molar-refractivity contribution in [3.05, 3.63) is 18.0 Å². The van der Waals surface area contributed by atoms with Crippen LogP contribution in [0, 0.1) is 0 Å². The Morgan fingerprint density at radius 3 is 3.20 bits per heavy atom. The fraction of sp³-hybridized carbons (Fsp3) is 0.800. The van der Waals surface area contributed by atoms with Crippen LogP contribution >= 0.6 is 0 Å². The van der Waals surface area contributed by atoms with Gasteiger partial charge in [0.2, 0.25) is 0 Å². The van der Waals surface area contributed by atoms with Crippen molar-refractivity contribution in [2.24, 2.45) is 7.05 Å². The molecule has 3 rings (SSSR count). The number of hydrogen-bond donors (Lipinski definition) is 1. The van der Waals surface area contributed by atoms with Crippen LogP contribution in [0.4, 0.5) is 0 Å². The number of hydrogen-bond acceptors (Lipinski definition) is 4. The summed E-state index contributed by atoms with van der Waals surface area (Å²) >= 11 is 0. The molecule has 3 heterocycles. The third-order valence-electron chi connectivity index (χ3n) is 4.87. The standard InChI is InChI=1S/C15H26N4O/c1-16-14(6-5-12-7-8-17-18(12)2)15-10-19-9-3-4-13(19)11-20-15/h7-8,13-16H,3-6,9-11H2,1-2H3. The Morgan fingerprint density at radius 1 is 1.55 bits per heavy atom. The van der Waals surface area contributed by atoms with Crippen LogP contribution in [0.1, 0.15) is 25.0 Å². The molecule has 0 aromatic carbocycles. The second-order valence-electron chi connectivity index (χ2n) is 6.04. The van der Waals surface area contributed by atoms with Crippen LogP contribution in [0.2, 0.25) is 0 Å². The summed E-state index contributed by atoms with van der Waals surface area (Å²) in [4.78, 5) is 2.61. The number of nitrogens with one attached hydrogen (secondary N) is 1. The first-order chi connectivity index (χ1) is 9.78. The van der Waals surface area contributed by atoms with Gasteiger partial charge in [0.15, 0.2) is 0 Å². The minimum Gasteiger partial charge on any atom is -0.374 e. The van der Waals surface area contributed by atoms with Crippen molar-refractivity contribution in [2.75, 3.05) is 26.7 Å². The monoisotopic (exact) mass is 278 g/mol. The number of fused-ring (bicyclic) bond motifs is 1. The van der Waals surface area contributed by atoms with Crippen molar-refractivity contribution in [1.29, 1.82) is 0 Å². The number of aryl methyl sites for hydroxylation is 2. The van der Waals surface area contributed by atoms with Crippen molar-refractivity contribution < 1.29 is 4.74 Å². The van der Waals surface area contributed by atoms with Gasteiger partial charge in [-0.05, 0) is 45.3 Å². The van der Waals surface area contributed by atoms with Gasteiger partial charge in [0.25, 0.3) is 0 Å². The zero-order valence-electron chi connectivity index (χ0n) is 12.6. The van der Waals surface area contributed by atoms with Crippen molar-refractivity contribution in [2.45, 2.75) is 43.9 Å². The van der Waals surface area contributed by atoms with Gasteiger partial charge < -0.3 is 10.1 Å². The van der Waals surface area contributed by atoms with Crippen molar-refractivity contribution in [1.82, 2.24) is 20.0 Å². The van der Waals surface area contributed by atoms with E-state index in [9.17, 15) is 0 Å². The number of morpholine rings is 1. The molecule has 0 aliphatic carbocycles. The zero-order chi connectivity index (χ0) is 13.9. The van der Waals surface area contributed by atoms with Crippen LogP contribution in [0.5, 0.6) is 0 Å². The summed E-state index contributed by atoms with van der Waals surface area (Å²) in [5, 5.41) is 7.69. The SMILES string of the molecule is CNC(CCc1ccnn1C)C1CN2CCCC2CO1. The molecule has 20 heavy (non-hydrogen) atoms. The van der Waals surface area contributed by atoms with Crippen molar-refractivity contribution >= 4 is 0 Å². The molecule has 3 atom stereocenters. The van der Waals surface area contributed by atoms with Crippen LogP contribution in [0.15, 0.2) is 12.3 Å². The molecule has 3 unspecified atom stereocenters. The number of likely N-dealkylation sites (N-methyl/N-ethyl adjacent to an activating group) is 1. The van der Waals surface area contributed by atoms with Crippen molar-refractivity contribution in [3.8, 4) is 0 Å². The first-order valence-corrected chi connectivity index (χ1v) is 7.77. The molecule has 0 saturated carbocycles. The van der Waals surface area contributed by atoms with Crippen LogP contribution in [0.3, 0.4) is 0 Å². The third-order valence-corrected chi connectivity index (χ3v) is 4.87. The van der Waals surface area contributed by atoms with E-state index in [0.29, 0.717) is 18.2 Å². The van der Waals surface area contributed by atoms with Crippen LogP contribution < -0.4 is 5.32 Å². The summed E-state index contributed by atoms with van der Waals surface area (Å²) in [6, 6.07) is 3.21. The summed E-state index contributed by atoms with van der Waals surface area (Å²) in [6.45, 7) is 3.25. The number of rotatable bonds is 5. The number of aromatic nitrogens is 2.